The summed E-state index contributed by atoms with van der Waals surface area (Å²) in [5.74, 6) is 0. The molecule has 0 spiro atoms. The van der Waals surface area contributed by atoms with Crippen LogP contribution in [0, 0.1) is 3.57 Å². The van der Waals surface area contributed by atoms with E-state index in [0.717, 1.165) is 11.3 Å². The van der Waals surface area contributed by atoms with Crippen LogP contribution in [0.3, 0.4) is 0 Å². The normalized spacial score (nSPS) is 10.4. The van der Waals surface area contributed by atoms with Crippen LogP contribution in [0.15, 0.2) is 72.8 Å². The number of benzene rings is 3. The number of hydrogen-bond donors (Lipinski definition) is 1. The number of nitrogens with two attached hydrogens (primary N) is 1. The lowest BCUT2D eigenvalue weighted by Gasteiger charge is -2.07. The lowest BCUT2D eigenvalue weighted by atomic mass is 9.99. The average Bonchev–Trinajstić information content (AvgIpc) is 2.48. The van der Waals surface area contributed by atoms with Gasteiger partial charge in [-0.05, 0) is 75.2 Å². The van der Waals surface area contributed by atoms with E-state index in [0.29, 0.717) is 0 Å². The van der Waals surface area contributed by atoms with Gasteiger partial charge in [-0.3, -0.25) is 0 Å². The van der Waals surface area contributed by atoms with Crippen LogP contribution in [0.25, 0.3) is 22.3 Å². The van der Waals surface area contributed by atoms with Gasteiger partial charge >= 0.3 is 0 Å². The second-order valence-corrected chi connectivity index (χ2v) is 5.96. The van der Waals surface area contributed by atoms with E-state index in [1.807, 2.05) is 18.2 Å². The summed E-state index contributed by atoms with van der Waals surface area (Å²) in [5.41, 5.74) is 11.4. The van der Waals surface area contributed by atoms with Gasteiger partial charge in [0.25, 0.3) is 0 Å². The molecule has 3 aromatic carbocycles. The van der Waals surface area contributed by atoms with Crippen molar-refractivity contribution in [3.63, 3.8) is 0 Å². The van der Waals surface area contributed by atoms with Crippen molar-refractivity contribution in [1.82, 2.24) is 0 Å². The molecule has 0 atom stereocenters. The number of hydrogen-bond acceptors (Lipinski definition) is 1. The van der Waals surface area contributed by atoms with Crippen LogP contribution >= 0.6 is 22.6 Å². The summed E-state index contributed by atoms with van der Waals surface area (Å²) in [6, 6.07) is 25.1. The Labute approximate surface area is 132 Å². The fourth-order valence-corrected chi connectivity index (χ4v) is 2.60. The molecule has 20 heavy (non-hydrogen) atoms. The smallest absolute Gasteiger partial charge is 0.0320 e. The Kier molecular flexibility index (Phi) is 3.74. The fourth-order valence-electron chi connectivity index (χ4n) is 2.24. The zero-order valence-electron chi connectivity index (χ0n) is 10.9. The Hall–Kier alpha value is -1.81. The Morgan fingerprint density at radius 1 is 0.600 bits per heavy atom. The minimum Gasteiger partial charge on any atom is -0.399 e. The minimum atomic E-state index is 0.794. The van der Waals surface area contributed by atoms with Gasteiger partial charge < -0.3 is 5.73 Å². The molecular weight excluding hydrogens is 357 g/mol. The lowest BCUT2D eigenvalue weighted by Crippen LogP contribution is -1.86. The van der Waals surface area contributed by atoms with E-state index >= 15 is 0 Å². The maximum Gasteiger partial charge on any atom is 0.0320 e. The van der Waals surface area contributed by atoms with Crippen molar-refractivity contribution < 1.29 is 0 Å². The van der Waals surface area contributed by atoms with Crippen LogP contribution in [0.2, 0.25) is 0 Å². The van der Waals surface area contributed by atoms with Gasteiger partial charge in [0.05, 0.1) is 0 Å². The highest BCUT2D eigenvalue weighted by molar-refractivity contribution is 14.1. The zero-order valence-corrected chi connectivity index (χ0v) is 13.0. The van der Waals surface area contributed by atoms with Crippen LogP contribution in [0.5, 0.6) is 0 Å². The van der Waals surface area contributed by atoms with E-state index in [2.05, 4.69) is 77.2 Å². The summed E-state index contributed by atoms with van der Waals surface area (Å²) in [6.07, 6.45) is 0. The second-order valence-electron chi connectivity index (χ2n) is 4.71. The summed E-state index contributed by atoms with van der Waals surface area (Å²) in [7, 11) is 0. The third kappa shape index (κ3) is 2.85. The molecule has 0 aliphatic carbocycles. The Balaban J connectivity index is 2.03. The van der Waals surface area contributed by atoms with Crippen LogP contribution in [-0.2, 0) is 0 Å². The highest BCUT2D eigenvalue weighted by Crippen LogP contribution is 2.27. The molecule has 0 aliphatic heterocycles. The highest BCUT2D eigenvalue weighted by atomic mass is 127. The standard InChI is InChI=1S/C18H14IN/c19-17-9-7-13(8-10-17)14-3-1-4-15(11-14)16-5-2-6-18(20)12-16/h1-12H,20H2. The number of anilines is 1. The maximum atomic E-state index is 5.86. The zero-order chi connectivity index (χ0) is 13.9. The van der Waals surface area contributed by atoms with Crippen molar-refractivity contribution in [3.05, 3.63) is 76.4 Å². The molecule has 3 aromatic rings. The van der Waals surface area contributed by atoms with Crippen molar-refractivity contribution in [1.29, 1.82) is 0 Å². The SMILES string of the molecule is Nc1cccc(-c2cccc(-c3ccc(I)cc3)c2)c1. The molecular formula is C18H14IN. The first-order valence-corrected chi connectivity index (χ1v) is 7.52. The van der Waals surface area contributed by atoms with Crippen molar-refractivity contribution in [2.75, 3.05) is 5.73 Å². The van der Waals surface area contributed by atoms with E-state index in [4.69, 9.17) is 5.73 Å². The molecule has 0 unspecified atom stereocenters. The van der Waals surface area contributed by atoms with E-state index in [9.17, 15) is 0 Å². The van der Waals surface area contributed by atoms with Crippen LogP contribution in [0.4, 0.5) is 5.69 Å². The average molecular weight is 371 g/mol. The van der Waals surface area contributed by atoms with Gasteiger partial charge in [-0.15, -0.1) is 0 Å². The van der Waals surface area contributed by atoms with E-state index in [-0.39, 0.29) is 0 Å². The van der Waals surface area contributed by atoms with Crippen molar-refractivity contribution in [2.24, 2.45) is 0 Å². The fraction of sp³-hybridized carbons (Fsp3) is 0. The summed E-state index contributed by atoms with van der Waals surface area (Å²) in [6.45, 7) is 0. The molecule has 0 radical (unpaired) electrons. The van der Waals surface area contributed by atoms with Crippen LogP contribution < -0.4 is 5.73 Å². The molecule has 98 valence electrons. The van der Waals surface area contributed by atoms with Gasteiger partial charge in [0.2, 0.25) is 0 Å². The number of nitrogen functional groups attached to an aromatic ring is 1. The third-order valence-corrected chi connectivity index (χ3v) is 3.98. The lowest BCUT2D eigenvalue weighted by molar-refractivity contribution is 1.57. The molecule has 2 heteroatoms. The van der Waals surface area contributed by atoms with Gasteiger partial charge in [0.1, 0.15) is 0 Å². The highest BCUT2D eigenvalue weighted by Gasteiger charge is 2.02. The molecule has 2 N–H and O–H groups in total. The van der Waals surface area contributed by atoms with Crippen molar-refractivity contribution >= 4 is 28.3 Å². The quantitative estimate of drug-likeness (QED) is 0.486. The van der Waals surface area contributed by atoms with Gasteiger partial charge in [0.15, 0.2) is 0 Å². The van der Waals surface area contributed by atoms with Gasteiger partial charge in [-0.2, -0.15) is 0 Å². The maximum absolute atomic E-state index is 5.86. The van der Waals surface area contributed by atoms with Crippen molar-refractivity contribution in [3.8, 4) is 22.3 Å². The predicted molar refractivity (Wildman–Crippen MR) is 94.4 cm³/mol. The second kappa shape index (κ2) is 5.67. The molecule has 0 saturated carbocycles. The Morgan fingerprint density at radius 2 is 1.15 bits per heavy atom. The van der Waals surface area contributed by atoms with E-state index < -0.39 is 0 Å². The Bertz CT molecular complexity index is 732. The van der Waals surface area contributed by atoms with E-state index in [1.165, 1.54) is 20.3 Å². The number of halogens is 1. The molecule has 0 amide bonds. The summed E-state index contributed by atoms with van der Waals surface area (Å²) in [4.78, 5) is 0. The monoisotopic (exact) mass is 371 g/mol. The molecule has 0 heterocycles. The topological polar surface area (TPSA) is 26.0 Å². The number of rotatable bonds is 2. The summed E-state index contributed by atoms with van der Waals surface area (Å²) in [5, 5.41) is 0. The molecule has 0 aliphatic rings. The molecule has 0 aromatic heterocycles. The largest absolute Gasteiger partial charge is 0.399 e. The molecule has 3 rings (SSSR count). The molecule has 1 nitrogen and oxygen atoms in total. The summed E-state index contributed by atoms with van der Waals surface area (Å²) >= 11 is 2.32. The van der Waals surface area contributed by atoms with E-state index in [1.54, 1.807) is 0 Å². The first-order chi connectivity index (χ1) is 9.72. The van der Waals surface area contributed by atoms with Gasteiger partial charge in [-0.25, -0.2) is 0 Å². The Morgan fingerprint density at radius 3 is 1.80 bits per heavy atom. The summed E-state index contributed by atoms with van der Waals surface area (Å²) < 4.78 is 1.25. The third-order valence-electron chi connectivity index (χ3n) is 3.26. The van der Waals surface area contributed by atoms with Gasteiger partial charge in [0, 0.05) is 9.26 Å². The first-order valence-electron chi connectivity index (χ1n) is 6.44. The first kappa shape index (κ1) is 13.2. The predicted octanol–water partition coefficient (Wildman–Crippen LogP) is 5.21. The molecule has 0 saturated heterocycles. The van der Waals surface area contributed by atoms with Crippen LogP contribution in [-0.4, -0.2) is 0 Å². The van der Waals surface area contributed by atoms with Gasteiger partial charge in [-0.1, -0.05) is 42.5 Å². The van der Waals surface area contributed by atoms with Crippen LogP contribution in [0.1, 0.15) is 0 Å². The molecule has 0 bridgehead atoms. The molecule has 0 fully saturated rings. The van der Waals surface area contributed by atoms with Crippen molar-refractivity contribution in [2.45, 2.75) is 0 Å². The minimum absolute atomic E-state index is 0.794.